The van der Waals surface area contributed by atoms with Crippen molar-refractivity contribution in [3.8, 4) is 0 Å². The van der Waals surface area contributed by atoms with Gasteiger partial charge in [-0.25, -0.2) is 4.39 Å². The number of nitrogens with zero attached hydrogens (tertiary/aromatic N) is 2. The summed E-state index contributed by atoms with van der Waals surface area (Å²) in [5.41, 5.74) is 3.34. The molecule has 0 bridgehead atoms. The third kappa shape index (κ3) is 3.25. The van der Waals surface area contributed by atoms with Gasteiger partial charge in [0.1, 0.15) is 5.82 Å². The zero-order valence-electron chi connectivity index (χ0n) is 12.4. The lowest BCUT2D eigenvalue weighted by Crippen LogP contribution is -2.23. The maximum absolute atomic E-state index is 13.1. The van der Waals surface area contributed by atoms with E-state index in [9.17, 15) is 4.39 Å². The summed E-state index contributed by atoms with van der Waals surface area (Å²) in [5.74, 6) is -0.204. The second-order valence-electron chi connectivity index (χ2n) is 5.00. The van der Waals surface area contributed by atoms with Gasteiger partial charge in [-0.05, 0) is 37.1 Å². The first kappa shape index (κ1) is 14.7. The molecule has 1 unspecified atom stereocenters. The van der Waals surface area contributed by atoms with Gasteiger partial charge in [-0.2, -0.15) is 5.10 Å². The number of nitrogens with one attached hydrogen (secondary N) is 1. The minimum atomic E-state index is -0.204. The smallest absolute Gasteiger partial charge is 0.123 e. The van der Waals surface area contributed by atoms with Gasteiger partial charge >= 0.3 is 0 Å². The van der Waals surface area contributed by atoms with E-state index in [0.717, 1.165) is 30.6 Å². The molecule has 1 heterocycles. The molecule has 2 rings (SSSR count). The molecule has 1 atom stereocenters. The standard InChI is InChI=1S/C16H22FN3/c1-4-10-18-16(12-6-8-13(17)9-7-12)14-11-20(3)19-15(14)5-2/h6-9,11,16,18H,4-5,10H2,1-3H3. The Morgan fingerprint density at radius 1 is 1.25 bits per heavy atom. The molecule has 0 aliphatic heterocycles. The maximum atomic E-state index is 13.1. The molecule has 0 saturated heterocycles. The molecule has 0 fully saturated rings. The SMILES string of the molecule is CCCNC(c1ccc(F)cc1)c1cn(C)nc1CC. The highest BCUT2D eigenvalue weighted by Gasteiger charge is 2.19. The molecular weight excluding hydrogens is 253 g/mol. The largest absolute Gasteiger partial charge is 0.306 e. The highest BCUT2D eigenvalue weighted by atomic mass is 19.1. The van der Waals surface area contributed by atoms with E-state index < -0.39 is 0 Å². The minimum absolute atomic E-state index is 0.0687. The van der Waals surface area contributed by atoms with Crippen molar-refractivity contribution in [2.75, 3.05) is 6.54 Å². The van der Waals surface area contributed by atoms with Crippen molar-refractivity contribution in [1.82, 2.24) is 15.1 Å². The third-order valence-electron chi connectivity index (χ3n) is 3.39. The van der Waals surface area contributed by atoms with Crippen LogP contribution in [0.2, 0.25) is 0 Å². The van der Waals surface area contributed by atoms with Crippen molar-refractivity contribution in [3.63, 3.8) is 0 Å². The van der Waals surface area contributed by atoms with Gasteiger partial charge in [-0.1, -0.05) is 26.0 Å². The van der Waals surface area contributed by atoms with E-state index in [1.807, 2.05) is 23.9 Å². The molecule has 2 aromatic rings. The van der Waals surface area contributed by atoms with Crippen LogP contribution < -0.4 is 5.32 Å². The first-order valence-electron chi connectivity index (χ1n) is 7.17. The van der Waals surface area contributed by atoms with Crippen LogP contribution in [0, 0.1) is 5.82 Å². The average Bonchev–Trinajstić information content (AvgIpc) is 2.82. The highest BCUT2D eigenvalue weighted by molar-refractivity contribution is 5.33. The molecule has 1 N–H and O–H groups in total. The molecule has 0 aliphatic carbocycles. The van der Waals surface area contributed by atoms with Crippen LogP contribution >= 0.6 is 0 Å². The van der Waals surface area contributed by atoms with Gasteiger partial charge in [0, 0.05) is 18.8 Å². The Kier molecular flexibility index (Phi) is 4.90. The fraction of sp³-hybridized carbons (Fsp3) is 0.438. The summed E-state index contributed by atoms with van der Waals surface area (Å²) in [7, 11) is 1.93. The van der Waals surface area contributed by atoms with Gasteiger partial charge in [-0.15, -0.1) is 0 Å². The van der Waals surface area contributed by atoms with Crippen molar-refractivity contribution < 1.29 is 4.39 Å². The Bertz CT molecular complexity index is 545. The Morgan fingerprint density at radius 2 is 1.95 bits per heavy atom. The normalized spacial score (nSPS) is 12.6. The predicted octanol–water partition coefficient (Wildman–Crippen LogP) is 3.21. The highest BCUT2D eigenvalue weighted by Crippen LogP contribution is 2.25. The Hall–Kier alpha value is -1.68. The second kappa shape index (κ2) is 6.66. The van der Waals surface area contributed by atoms with E-state index in [-0.39, 0.29) is 11.9 Å². The number of aromatic nitrogens is 2. The molecule has 0 spiro atoms. The van der Waals surface area contributed by atoms with Crippen molar-refractivity contribution in [1.29, 1.82) is 0 Å². The summed E-state index contributed by atoms with van der Waals surface area (Å²) in [6.07, 6.45) is 4.00. The summed E-state index contributed by atoms with van der Waals surface area (Å²) in [6.45, 7) is 5.16. The molecule has 1 aromatic heterocycles. The predicted molar refractivity (Wildman–Crippen MR) is 79.1 cm³/mol. The molecule has 0 radical (unpaired) electrons. The maximum Gasteiger partial charge on any atom is 0.123 e. The van der Waals surface area contributed by atoms with E-state index >= 15 is 0 Å². The lowest BCUT2D eigenvalue weighted by Gasteiger charge is -2.19. The first-order chi connectivity index (χ1) is 9.65. The van der Waals surface area contributed by atoms with Crippen LogP contribution in [0.3, 0.4) is 0 Å². The van der Waals surface area contributed by atoms with Gasteiger partial charge in [-0.3, -0.25) is 4.68 Å². The summed E-state index contributed by atoms with van der Waals surface area (Å²) in [4.78, 5) is 0. The van der Waals surface area contributed by atoms with Crippen molar-refractivity contribution in [3.05, 3.63) is 53.1 Å². The summed E-state index contributed by atoms with van der Waals surface area (Å²) >= 11 is 0. The van der Waals surface area contributed by atoms with Crippen LogP contribution in [0.5, 0.6) is 0 Å². The van der Waals surface area contributed by atoms with E-state index in [4.69, 9.17) is 0 Å². The van der Waals surface area contributed by atoms with Gasteiger partial charge in [0.25, 0.3) is 0 Å². The van der Waals surface area contributed by atoms with Crippen LogP contribution in [-0.4, -0.2) is 16.3 Å². The fourth-order valence-electron chi connectivity index (χ4n) is 2.42. The number of rotatable bonds is 6. The van der Waals surface area contributed by atoms with Crippen molar-refractivity contribution in [2.45, 2.75) is 32.7 Å². The lowest BCUT2D eigenvalue weighted by atomic mass is 9.98. The first-order valence-corrected chi connectivity index (χ1v) is 7.17. The van der Waals surface area contributed by atoms with Gasteiger partial charge in [0.2, 0.25) is 0 Å². The monoisotopic (exact) mass is 275 g/mol. The van der Waals surface area contributed by atoms with Gasteiger partial charge < -0.3 is 5.32 Å². The zero-order chi connectivity index (χ0) is 14.5. The Balaban J connectivity index is 2.38. The van der Waals surface area contributed by atoms with E-state index in [1.165, 1.54) is 17.7 Å². The Morgan fingerprint density at radius 3 is 2.55 bits per heavy atom. The molecular formula is C16H22FN3. The summed E-state index contributed by atoms with van der Waals surface area (Å²) in [5, 5.41) is 8.04. The van der Waals surface area contributed by atoms with Crippen LogP contribution in [0.1, 0.15) is 43.1 Å². The van der Waals surface area contributed by atoms with Crippen molar-refractivity contribution >= 4 is 0 Å². The Labute approximate surface area is 119 Å². The van der Waals surface area contributed by atoms with E-state index in [1.54, 1.807) is 0 Å². The molecule has 0 aliphatic rings. The zero-order valence-corrected chi connectivity index (χ0v) is 12.4. The van der Waals surface area contributed by atoms with Gasteiger partial charge in [0.15, 0.2) is 0 Å². The molecule has 3 nitrogen and oxygen atoms in total. The molecule has 20 heavy (non-hydrogen) atoms. The van der Waals surface area contributed by atoms with Gasteiger partial charge in [0.05, 0.1) is 11.7 Å². The molecule has 1 aromatic carbocycles. The average molecular weight is 275 g/mol. The van der Waals surface area contributed by atoms with E-state index in [0.29, 0.717) is 0 Å². The van der Waals surface area contributed by atoms with Crippen LogP contribution in [0.4, 0.5) is 4.39 Å². The second-order valence-corrected chi connectivity index (χ2v) is 5.00. The minimum Gasteiger partial charge on any atom is -0.306 e. The van der Waals surface area contributed by atoms with E-state index in [2.05, 4.69) is 30.5 Å². The topological polar surface area (TPSA) is 29.9 Å². The number of benzene rings is 1. The summed E-state index contributed by atoms with van der Waals surface area (Å²) in [6, 6.07) is 6.78. The number of hydrogen-bond acceptors (Lipinski definition) is 2. The molecule has 4 heteroatoms. The lowest BCUT2D eigenvalue weighted by molar-refractivity contribution is 0.589. The quantitative estimate of drug-likeness (QED) is 0.877. The van der Waals surface area contributed by atoms with Crippen LogP contribution in [-0.2, 0) is 13.5 Å². The molecule has 0 saturated carbocycles. The number of halogens is 1. The third-order valence-corrected chi connectivity index (χ3v) is 3.39. The van der Waals surface area contributed by atoms with Crippen LogP contribution in [0.15, 0.2) is 30.5 Å². The molecule has 108 valence electrons. The van der Waals surface area contributed by atoms with Crippen LogP contribution in [0.25, 0.3) is 0 Å². The van der Waals surface area contributed by atoms with Crippen molar-refractivity contribution in [2.24, 2.45) is 7.05 Å². The summed E-state index contributed by atoms with van der Waals surface area (Å²) < 4.78 is 15.0. The fourth-order valence-corrected chi connectivity index (χ4v) is 2.42. The molecule has 0 amide bonds. The number of aryl methyl sites for hydroxylation is 2. The number of hydrogen-bond donors (Lipinski definition) is 1.